The molecule has 0 spiro atoms. The van der Waals surface area contributed by atoms with Crippen molar-refractivity contribution in [3.63, 3.8) is 0 Å². The molecule has 1 rings (SSSR count). The van der Waals surface area contributed by atoms with Crippen LogP contribution in [-0.4, -0.2) is 13.2 Å². The summed E-state index contributed by atoms with van der Waals surface area (Å²) in [4.78, 5) is 0. The molecular weight excluding hydrogens is 224 g/mol. The van der Waals surface area contributed by atoms with E-state index in [0.29, 0.717) is 0 Å². The van der Waals surface area contributed by atoms with Gasteiger partial charge in [-0.05, 0) is 18.1 Å². The summed E-state index contributed by atoms with van der Waals surface area (Å²) in [6.45, 7) is 9.15. The Bertz CT molecular complexity index is 425. The Hall–Kier alpha value is -1.12. The molecule has 0 saturated heterocycles. The van der Waals surface area contributed by atoms with Gasteiger partial charge in [0.2, 0.25) is 0 Å². The predicted molar refractivity (Wildman–Crippen MR) is 78.5 cm³/mol. The Morgan fingerprint density at radius 2 is 1.88 bits per heavy atom. The van der Waals surface area contributed by atoms with Crippen LogP contribution in [-0.2, 0) is 6.61 Å². The third-order valence-corrected chi connectivity index (χ3v) is 3.62. The van der Waals surface area contributed by atoms with Crippen molar-refractivity contribution in [2.75, 3.05) is 0 Å². The van der Waals surface area contributed by atoms with Crippen molar-refractivity contribution in [1.82, 2.24) is 0 Å². The van der Waals surface area contributed by atoms with E-state index in [1.165, 1.54) is 5.57 Å². The van der Waals surface area contributed by atoms with E-state index in [4.69, 9.17) is 0 Å². The van der Waals surface area contributed by atoms with Gasteiger partial charge < -0.3 is 5.11 Å². The van der Waals surface area contributed by atoms with Crippen LogP contribution in [0, 0.1) is 0 Å². The maximum absolute atomic E-state index is 9.25. The van der Waals surface area contributed by atoms with E-state index in [9.17, 15) is 5.11 Å². The van der Waals surface area contributed by atoms with Gasteiger partial charge in [-0.25, -0.2) is 0 Å². The largest absolute Gasteiger partial charge is 0.392 e. The Morgan fingerprint density at radius 3 is 2.47 bits per heavy atom. The lowest BCUT2D eigenvalue weighted by Gasteiger charge is -2.08. The van der Waals surface area contributed by atoms with Gasteiger partial charge in [-0.3, -0.25) is 0 Å². The molecule has 92 valence electrons. The smallest absolute Gasteiger partial charge is 0.0687 e. The Labute approximate surface area is 106 Å². The molecule has 1 aromatic rings. The van der Waals surface area contributed by atoms with Gasteiger partial charge >= 0.3 is 0 Å². The number of hydrogen-bond donors (Lipinski definition) is 1. The van der Waals surface area contributed by atoms with Crippen LogP contribution in [0.3, 0.4) is 0 Å². The molecule has 0 radical (unpaired) electrons. The van der Waals surface area contributed by atoms with E-state index in [-0.39, 0.29) is 6.61 Å². The van der Waals surface area contributed by atoms with Gasteiger partial charge in [-0.2, -0.15) is 0 Å². The number of hydrogen-bond acceptors (Lipinski definition) is 1. The van der Waals surface area contributed by atoms with Gasteiger partial charge in [0.1, 0.15) is 0 Å². The van der Waals surface area contributed by atoms with Crippen molar-refractivity contribution in [2.45, 2.75) is 33.2 Å². The third kappa shape index (κ3) is 5.15. The first-order chi connectivity index (χ1) is 7.92. The zero-order valence-corrected chi connectivity index (χ0v) is 12.2. The van der Waals surface area contributed by atoms with Crippen LogP contribution >= 0.6 is 0 Å². The molecule has 17 heavy (non-hydrogen) atoms. The molecule has 1 nitrogen and oxygen atoms in total. The monoisotopic (exact) mass is 246 g/mol. The molecule has 0 unspecified atom stereocenters. The second-order valence-corrected chi connectivity index (χ2v) is 10.5. The minimum atomic E-state index is -1.13. The van der Waals surface area contributed by atoms with Crippen molar-refractivity contribution < 1.29 is 5.11 Å². The maximum atomic E-state index is 9.25. The first-order valence-corrected chi connectivity index (χ1v) is 9.56. The van der Waals surface area contributed by atoms with E-state index in [1.807, 2.05) is 24.3 Å². The highest BCUT2D eigenvalue weighted by Crippen LogP contribution is 2.14. The van der Waals surface area contributed by atoms with Gasteiger partial charge in [-0.15, -0.1) is 0 Å². The normalized spacial score (nSPS) is 13.4. The topological polar surface area (TPSA) is 20.2 Å². The van der Waals surface area contributed by atoms with Crippen molar-refractivity contribution in [2.24, 2.45) is 0 Å². The number of aliphatic hydroxyl groups excluding tert-OH is 1. The fourth-order valence-corrected chi connectivity index (χ4v) is 2.26. The van der Waals surface area contributed by atoms with Crippen molar-refractivity contribution >= 4 is 14.1 Å². The van der Waals surface area contributed by atoms with Crippen LogP contribution in [0.25, 0.3) is 6.08 Å². The summed E-state index contributed by atoms with van der Waals surface area (Å²) in [5, 5.41) is 9.25. The lowest BCUT2D eigenvalue weighted by atomic mass is 10.1. The Kier molecular flexibility index (Phi) is 4.91. The summed E-state index contributed by atoms with van der Waals surface area (Å²) in [5.74, 6) is 0. The summed E-state index contributed by atoms with van der Waals surface area (Å²) in [6.07, 6.45) is 4.32. The Morgan fingerprint density at radius 1 is 1.24 bits per heavy atom. The van der Waals surface area contributed by atoms with Gasteiger partial charge in [-0.1, -0.05) is 67.3 Å². The number of allylic oxidation sites excluding steroid dienone is 2. The van der Waals surface area contributed by atoms with Gasteiger partial charge in [0.25, 0.3) is 0 Å². The van der Waals surface area contributed by atoms with Gasteiger partial charge in [0.05, 0.1) is 14.7 Å². The molecule has 0 bridgehead atoms. The van der Waals surface area contributed by atoms with E-state index in [0.717, 1.165) is 11.1 Å². The van der Waals surface area contributed by atoms with E-state index < -0.39 is 8.07 Å². The van der Waals surface area contributed by atoms with E-state index in [1.54, 1.807) is 0 Å². The molecule has 1 N–H and O–H groups in total. The van der Waals surface area contributed by atoms with Crippen LogP contribution in [0.4, 0.5) is 0 Å². The Balaban J connectivity index is 2.91. The number of rotatable bonds is 4. The van der Waals surface area contributed by atoms with Crippen molar-refractivity contribution in [3.8, 4) is 0 Å². The minimum absolute atomic E-state index is 0.0949. The molecule has 0 aliphatic heterocycles. The zero-order valence-electron chi connectivity index (χ0n) is 11.2. The highest BCUT2D eigenvalue weighted by molar-refractivity contribution is 6.81. The predicted octanol–water partition coefficient (Wildman–Crippen LogP) is 4.02. The highest BCUT2D eigenvalue weighted by Gasteiger charge is 2.06. The van der Waals surface area contributed by atoms with Crippen LogP contribution in [0.5, 0.6) is 0 Å². The highest BCUT2D eigenvalue weighted by atomic mass is 28.3. The summed E-state index contributed by atoms with van der Waals surface area (Å²) in [6, 6.07) is 7.95. The summed E-state index contributed by atoms with van der Waals surface area (Å²) in [7, 11) is -1.13. The molecular formula is C15H22OSi. The van der Waals surface area contributed by atoms with Gasteiger partial charge in [0.15, 0.2) is 0 Å². The molecule has 0 amide bonds. The standard InChI is InChI=1S/C15H22OSi/c1-13(9-10-17(2,3)4)11-14-7-5-6-8-15(14)12-16/h5-11,16H,12H2,1-4H3/b10-9+,13-11+. The van der Waals surface area contributed by atoms with Crippen LogP contribution in [0.1, 0.15) is 18.1 Å². The minimum Gasteiger partial charge on any atom is -0.392 e. The number of benzene rings is 1. The second-order valence-electron chi connectivity index (χ2n) is 5.44. The van der Waals surface area contributed by atoms with E-state index in [2.05, 4.69) is 44.4 Å². The quantitative estimate of drug-likeness (QED) is 0.628. The fourth-order valence-electron chi connectivity index (χ4n) is 1.49. The number of aliphatic hydroxyl groups is 1. The van der Waals surface area contributed by atoms with Crippen molar-refractivity contribution in [1.29, 1.82) is 0 Å². The molecule has 2 heteroatoms. The molecule has 0 aliphatic rings. The third-order valence-electron chi connectivity index (χ3n) is 2.45. The van der Waals surface area contributed by atoms with E-state index >= 15 is 0 Å². The summed E-state index contributed by atoms with van der Waals surface area (Å²) in [5.41, 5.74) is 5.65. The molecule has 0 aliphatic carbocycles. The fraction of sp³-hybridized carbons (Fsp3) is 0.333. The average molecular weight is 246 g/mol. The summed E-state index contributed by atoms with van der Waals surface area (Å²) >= 11 is 0. The molecule has 0 heterocycles. The first kappa shape index (κ1) is 13.9. The van der Waals surface area contributed by atoms with Crippen LogP contribution in [0.2, 0.25) is 19.6 Å². The van der Waals surface area contributed by atoms with Crippen LogP contribution < -0.4 is 0 Å². The van der Waals surface area contributed by atoms with Crippen LogP contribution in [0.15, 0.2) is 41.6 Å². The van der Waals surface area contributed by atoms with Crippen molar-refractivity contribution in [3.05, 3.63) is 52.7 Å². The maximum Gasteiger partial charge on any atom is 0.0687 e. The lowest BCUT2D eigenvalue weighted by molar-refractivity contribution is 0.281. The molecule has 1 aromatic carbocycles. The molecule has 0 atom stereocenters. The zero-order chi connectivity index (χ0) is 12.9. The van der Waals surface area contributed by atoms with Gasteiger partial charge in [0, 0.05) is 0 Å². The second kappa shape index (κ2) is 5.99. The molecule has 0 saturated carbocycles. The SMILES string of the molecule is CC(/C=C/[Si](C)(C)C)=C\c1ccccc1CO. The lowest BCUT2D eigenvalue weighted by Crippen LogP contribution is -2.15. The summed E-state index contributed by atoms with van der Waals surface area (Å²) < 4.78 is 0. The average Bonchev–Trinajstić information content (AvgIpc) is 2.26. The first-order valence-electron chi connectivity index (χ1n) is 5.99. The molecule has 0 aromatic heterocycles. The molecule has 0 fully saturated rings.